The number of carbonyl (C=O) groups excluding carboxylic acids is 1. The van der Waals surface area contributed by atoms with E-state index in [1.165, 1.54) is 15.6 Å². The summed E-state index contributed by atoms with van der Waals surface area (Å²) in [5.41, 5.74) is 2.93. The van der Waals surface area contributed by atoms with Crippen molar-refractivity contribution in [1.29, 1.82) is 0 Å². The van der Waals surface area contributed by atoms with Gasteiger partial charge in [-0.15, -0.1) is 11.3 Å². The molecule has 8 nitrogen and oxygen atoms in total. The lowest BCUT2D eigenvalue weighted by atomic mass is 10.1. The van der Waals surface area contributed by atoms with Crippen LogP contribution in [0.1, 0.15) is 28.0 Å². The van der Waals surface area contributed by atoms with E-state index in [0.717, 1.165) is 21.8 Å². The van der Waals surface area contributed by atoms with E-state index in [0.29, 0.717) is 30.3 Å². The van der Waals surface area contributed by atoms with E-state index in [2.05, 4.69) is 15.4 Å². The Morgan fingerprint density at radius 2 is 2.03 bits per heavy atom. The minimum absolute atomic E-state index is 0.0783. The molecule has 0 aliphatic carbocycles. The summed E-state index contributed by atoms with van der Waals surface area (Å²) in [5.74, 6) is -0.221. The van der Waals surface area contributed by atoms with Crippen molar-refractivity contribution >= 4 is 32.4 Å². The molecule has 2 aromatic heterocycles. The van der Waals surface area contributed by atoms with Crippen LogP contribution in [0.5, 0.6) is 0 Å². The van der Waals surface area contributed by atoms with E-state index in [1.54, 1.807) is 24.7 Å². The summed E-state index contributed by atoms with van der Waals surface area (Å²) in [4.78, 5) is 18.1. The van der Waals surface area contributed by atoms with Crippen molar-refractivity contribution in [2.24, 2.45) is 7.05 Å². The number of amides is 1. The molecule has 3 aromatic rings. The predicted molar refractivity (Wildman–Crippen MR) is 112 cm³/mol. The number of sulfonamides is 1. The summed E-state index contributed by atoms with van der Waals surface area (Å²) in [6.45, 7) is 2.37. The monoisotopic (exact) mass is 431 g/mol. The summed E-state index contributed by atoms with van der Waals surface area (Å²) in [6, 6.07) is 11.4. The summed E-state index contributed by atoms with van der Waals surface area (Å²) in [5, 5.41) is 7.72. The number of benzene rings is 1. The zero-order chi connectivity index (χ0) is 20.6. The predicted octanol–water partition coefficient (Wildman–Crippen LogP) is 2.50. The van der Waals surface area contributed by atoms with E-state index < -0.39 is 10.0 Å². The lowest BCUT2D eigenvalue weighted by molar-refractivity contribution is 0.101. The maximum Gasteiger partial charge on any atom is 0.275 e. The number of carbonyl (C=O) groups is 1. The number of hydrogen-bond acceptors (Lipinski definition) is 6. The molecule has 0 radical (unpaired) electrons. The second kappa shape index (κ2) is 7.69. The molecule has 0 unspecified atom stereocenters. The molecule has 1 N–H and O–H groups in total. The van der Waals surface area contributed by atoms with Crippen LogP contribution in [0.3, 0.4) is 0 Å². The Kier molecular flexibility index (Phi) is 5.24. The first-order chi connectivity index (χ1) is 13.9. The molecule has 0 saturated heterocycles. The van der Waals surface area contributed by atoms with Crippen LogP contribution in [-0.4, -0.2) is 45.7 Å². The van der Waals surface area contributed by atoms with Crippen molar-refractivity contribution in [3.05, 3.63) is 52.7 Å². The van der Waals surface area contributed by atoms with E-state index in [4.69, 9.17) is 0 Å². The molecule has 10 heteroatoms. The topological polar surface area (TPSA) is 97.2 Å². The third kappa shape index (κ3) is 3.96. The van der Waals surface area contributed by atoms with Crippen LogP contribution in [0, 0.1) is 0 Å². The van der Waals surface area contributed by atoms with Gasteiger partial charge in [0, 0.05) is 37.0 Å². The standard InChI is InChI=1S/C19H21N5O3S2/c1-3-29(26,27)24-10-9-14-17(12-24)28-19(20-14)21-18(25)16-11-15(22-23(16)2)13-7-5-4-6-8-13/h4-8,11H,3,9-10,12H2,1-2H3,(H,20,21,25). The Morgan fingerprint density at radius 3 is 2.76 bits per heavy atom. The van der Waals surface area contributed by atoms with E-state index in [-0.39, 0.29) is 11.7 Å². The Balaban J connectivity index is 1.51. The third-order valence-electron chi connectivity index (χ3n) is 4.86. The van der Waals surface area contributed by atoms with Gasteiger partial charge in [0.2, 0.25) is 10.0 Å². The van der Waals surface area contributed by atoms with Crippen LogP contribution in [-0.2, 0) is 30.0 Å². The van der Waals surface area contributed by atoms with E-state index in [1.807, 2.05) is 30.3 Å². The van der Waals surface area contributed by atoms with Gasteiger partial charge in [0.15, 0.2) is 5.13 Å². The molecule has 0 bridgehead atoms. The number of fused-ring (bicyclic) bond motifs is 1. The largest absolute Gasteiger partial charge is 0.296 e. The van der Waals surface area contributed by atoms with Crippen molar-refractivity contribution in [2.75, 3.05) is 17.6 Å². The number of nitrogens with zero attached hydrogens (tertiary/aromatic N) is 4. The number of aryl methyl sites for hydroxylation is 1. The van der Waals surface area contributed by atoms with Crippen LogP contribution in [0.25, 0.3) is 11.3 Å². The third-order valence-corrected chi connectivity index (χ3v) is 7.68. The minimum Gasteiger partial charge on any atom is -0.296 e. The number of nitrogens with one attached hydrogen (secondary N) is 1. The first-order valence-corrected chi connectivity index (χ1v) is 11.7. The summed E-state index contributed by atoms with van der Waals surface area (Å²) in [6.07, 6.45) is 0.546. The second-order valence-electron chi connectivity index (χ2n) is 6.73. The normalized spacial score (nSPS) is 14.6. The molecule has 4 rings (SSSR count). The van der Waals surface area contributed by atoms with Crippen molar-refractivity contribution in [3.8, 4) is 11.3 Å². The zero-order valence-electron chi connectivity index (χ0n) is 16.1. The molecular formula is C19H21N5O3S2. The quantitative estimate of drug-likeness (QED) is 0.669. The molecule has 0 spiro atoms. The highest BCUT2D eigenvalue weighted by Crippen LogP contribution is 2.30. The Labute approximate surface area is 173 Å². The van der Waals surface area contributed by atoms with Crippen LogP contribution in [0.4, 0.5) is 5.13 Å². The van der Waals surface area contributed by atoms with Gasteiger partial charge < -0.3 is 0 Å². The average molecular weight is 432 g/mol. The maximum absolute atomic E-state index is 12.8. The maximum atomic E-state index is 12.8. The molecule has 3 heterocycles. The van der Waals surface area contributed by atoms with Gasteiger partial charge in [-0.05, 0) is 13.0 Å². The number of hydrogen-bond donors (Lipinski definition) is 1. The Bertz CT molecular complexity index is 1150. The van der Waals surface area contributed by atoms with Gasteiger partial charge in [-0.1, -0.05) is 30.3 Å². The van der Waals surface area contributed by atoms with Gasteiger partial charge in [0.05, 0.1) is 17.1 Å². The molecule has 1 amide bonds. The molecule has 152 valence electrons. The molecule has 1 aliphatic heterocycles. The lowest BCUT2D eigenvalue weighted by Crippen LogP contribution is -2.36. The number of thiazole rings is 1. The molecule has 0 fully saturated rings. The van der Waals surface area contributed by atoms with Gasteiger partial charge in [-0.25, -0.2) is 13.4 Å². The first kappa shape index (κ1) is 19.7. The van der Waals surface area contributed by atoms with Gasteiger partial charge >= 0.3 is 0 Å². The molecule has 0 atom stereocenters. The van der Waals surface area contributed by atoms with Crippen molar-refractivity contribution in [3.63, 3.8) is 0 Å². The summed E-state index contributed by atoms with van der Waals surface area (Å²) in [7, 11) is -1.51. The van der Waals surface area contributed by atoms with Crippen LogP contribution in [0.15, 0.2) is 36.4 Å². The van der Waals surface area contributed by atoms with Gasteiger partial charge in [0.1, 0.15) is 5.69 Å². The molecule has 1 aromatic carbocycles. The van der Waals surface area contributed by atoms with Crippen molar-refractivity contribution in [2.45, 2.75) is 19.9 Å². The van der Waals surface area contributed by atoms with E-state index >= 15 is 0 Å². The molecular weight excluding hydrogens is 410 g/mol. The zero-order valence-corrected chi connectivity index (χ0v) is 17.8. The van der Waals surface area contributed by atoms with Crippen LogP contribution in [0.2, 0.25) is 0 Å². The molecule has 29 heavy (non-hydrogen) atoms. The number of anilines is 1. The summed E-state index contributed by atoms with van der Waals surface area (Å²) < 4.78 is 27.3. The second-order valence-corrected chi connectivity index (χ2v) is 10.1. The fraction of sp³-hybridized carbons (Fsp3) is 0.316. The Hall–Kier alpha value is -2.56. The molecule has 0 saturated carbocycles. The van der Waals surface area contributed by atoms with Crippen LogP contribution < -0.4 is 5.32 Å². The van der Waals surface area contributed by atoms with Crippen LogP contribution >= 0.6 is 11.3 Å². The van der Waals surface area contributed by atoms with Gasteiger partial charge in [0.25, 0.3) is 5.91 Å². The number of rotatable bonds is 5. The SMILES string of the molecule is CCS(=O)(=O)N1CCc2nc(NC(=O)c3cc(-c4ccccc4)nn3C)sc2C1. The molecule has 1 aliphatic rings. The highest BCUT2D eigenvalue weighted by Gasteiger charge is 2.28. The smallest absolute Gasteiger partial charge is 0.275 e. The van der Waals surface area contributed by atoms with Gasteiger partial charge in [-0.3, -0.25) is 14.8 Å². The first-order valence-electron chi connectivity index (χ1n) is 9.24. The lowest BCUT2D eigenvalue weighted by Gasteiger charge is -2.24. The number of aromatic nitrogens is 3. The average Bonchev–Trinajstić information content (AvgIpc) is 3.30. The van der Waals surface area contributed by atoms with Crippen molar-refractivity contribution in [1.82, 2.24) is 19.1 Å². The Morgan fingerprint density at radius 1 is 1.28 bits per heavy atom. The fourth-order valence-electron chi connectivity index (χ4n) is 3.24. The van der Waals surface area contributed by atoms with Crippen molar-refractivity contribution < 1.29 is 13.2 Å². The summed E-state index contributed by atoms with van der Waals surface area (Å²) >= 11 is 1.32. The van der Waals surface area contributed by atoms with Gasteiger partial charge in [-0.2, -0.15) is 9.40 Å². The highest BCUT2D eigenvalue weighted by atomic mass is 32.2. The highest BCUT2D eigenvalue weighted by molar-refractivity contribution is 7.89. The fourth-order valence-corrected chi connectivity index (χ4v) is 5.40. The van der Waals surface area contributed by atoms with E-state index in [9.17, 15) is 13.2 Å². The minimum atomic E-state index is -3.24.